The van der Waals surface area contributed by atoms with Crippen molar-refractivity contribution in [3.05, 3.63) is 65.0 Å². The van der Waals surface area contributed by atoms with E-state index in [0.29, 0.717) is 18.7 Å². The van der Waals surface area contributed by atoms with Crippen molar-refractivity contribution in [3.8, 4) is 0 Å². The highest BCUT2D eigenvalue weighted by Crippen LogP contribution is 2.35. The van der Waals surface area contributed by atoms with Gasteiger partial charge in [0, 0.05) is 20.0 Å². The summed E-state index contributed by atoms with van der Waals surface area (Å²) in [5.41, 5.74) is 3.82. The summed E-state index contributed by atoms with van der Waals surface area (Å²) in [6, 6.07) is 12.2. The van der Waals surface area contributed by atoms with Gasteiger partial charge in [-0.25, -0.2) is 4.39 Å². The SMILES string of the molecule is CC(=O)N(CCNC(=O)Cc1cccc(F)c1)c1c(C(C)C)cccc1C(C)C. The minimum absolute atomic E-state index is 0.0561. The number of nitrogens with one attached hydrogen (secondary N) is 1. The molecule has 5 heteroatoms. The molecule has 0 aliphatic rings. The van der Waals surface area contributed by atoms with Gasteiger partial charge in [0.2, 0.25) is 11.8 Å². The van der Waals surface area contributed by atoms with Crippen LogP contribution in [-0.2, 0) is 16.0 Å². The van der Waals surface area contributed by atoms with Gasteiger partial charge in [-0.15, -0.1) is 0 Å². The molecule has 0 fully saturated rings. The lowest BCUT2D eigenvalue weighted by Gasteiger charge is -2.29. The van der Waals surface area contributed by atoms with Gasteiger partial charge in [-0.05, 0) is 40.7 Å². The van der Waals surface area contributed by atoms with E-state index in [-0.39, 0.29) is 35.9 Å². The fraction of sp³-hybridized carbons (Fsp3) is 0.417. The number of hydrogen-bond donors (Lipinski definition) is 1. The zero-order valence-electron chi connectivity index (χ0n) is 18.0. The van der Waals surface area contributed by atoms with Crippen LogP contribution in [0.4, 0.5) is 10.1 Å². The number of halogens is 1. The second kappa shape index (κ2) is 10.2. The van der Waals surface area contributed by atoms with E-state index in [1.807, 2.05) is 6.07 Å². The molecule has 0 aromatic heterocycles. The molecule has 2 aromatic carbocycles. The van der Waals surface area contributed by atoms with E-state index in [9.17, 15) is 14.0 Å². The molecule has 0 aliphatic heterocycles. The monoisotopic (exact) mass is 398 g/mol. The van der Waals surface area contributed by atoms with Crippen LogP contribution in [0, 0.1) is 5.82 Å². The van der Waals surface area contributed by atoms with Crippen molar-refractivity contribution in [2.75, 3.05) is 18.0 Å². The molecule has 0 spiro atoms. The van der Waals surface area contributed by atoms with Crippen LogP contribution in [0.1, 0.15) is 63.1 Å². The number of amides is 2. The number of nitrogens with zero attached hydrogens (tertiary/aromatic N) is 1. The molecule has 2 rings (SSSR count). The summed E-state index contributed by atoms with van der Waals surface area (Å²) in [5.74, 6) is -0.0643. The molecular formula is C24H31FN2O2. The van der Waals surface area contributed by atoms with Gasteiger partial charge in [0.15, 0.2) is 0 Å². The van der Waals surface area contributed by atoms with Crippen LogP contribution in [0.25, 0.3) is 0 Å². The standard InChI is InChI=1S/C24H31FN2O2/c1-16(2)21-10-7-11-22(17(3)4)24(21)27(18(5)28)13-12-26-23(29)15-19-8-6-9-20(25)14-19/h6-11,14,16-17H,12-13,15H2,1-5H3,(H,26,29). The summed E-state index contributed by atoms with van der Waals surface area (Å²) in [5, 5.41) is 2.85. The molecule has 0 atom stereocenters. The first-order valence-electron chi connectivity index (χ1n) is 10.1. The van der Waals surface area contributed by atoms with Crippen molar-refractivity contribution in [1.29, 1.82) is 0 Å². The minimum Gasteiger partial charge on any atom is -0.354 e. The third kappa shape index (κ3) is 6.14. The molecule has 0 bridgehead atoms. The third-order valence-corrected chi connectivity index (χ3v) is 4.90. The minimum atomic E-state index is -0.357. The zero-order chi connectivity index (χ0) is 21.6. The Kier molecular flexibility index (Phi) is 7.94. The number of rotatable bonds is 8. The van der Waals surface area contributed by atoms with Crippen LogP contribution >= 0.6 is 0 Å². The summed E-state index contributed by atoms with van der Waals surface area (Å²) in [7, 11) is 0. The van der Waals surface area contributed by atoms with Crippen molar-refractivity contribution in [3.63, 3.8) is 0 Å². The lowest BCUT2D eigenvalue weighted by molar-refractivity contribution is -0.121. The van der Waals surface area contributed by atoms with Crippen molar-refractivity contribution >= 4 is 17.5 Å². The van der Waals surface area contributed by atoms with E-state index < -0.39 is 0 Å². The quantitative estimate of drug-likeness (QED) is 0.695. The van der Waals surface area contributed by atoms with Crippen molar-refractivity contribution in [1.82, 2.24) is 5.32 Å². The Hall–Kier alpha value is -2.69. The third-order valence-electron chi connectivity index (χ3n) is 4.90. The summed E-state index contributed by atoms with van der Waals surface area (Å²) in [6.07, 6.45) is 0.109. The smallest absolute Gasteiger partial charge is 0.224 e. The van der Waals surface area contributed by atoms with Gasteiger partial charge in [-0.3, -0.25) is 9.59 Å². The second-order valence-corrected chi connectivity index (χ2v) is 7.92. The van der Waals surface area contributed by atoms with Crippen LogP contribution < -0.4 is 10.2 Å². The van der Waals surface area contributed by atoms with Gasteiger partial charge in [-0.2, -0.15) is 0 Å². The van der Waals surface area contributed by atoms with Crippen LogP contribution in [0.15, 0.2) is 42.5 Å². The normalized spacial score (nSPS) is 11.0. The average Bonchev–Trinajstić information content (AvgIpc) is 2.64. The van der Waals surface area contributed by atoms with Gasteiger partial charge in [0.1, 0.15) is 5.82 Å². The van der Waals surface area contributed by atoms with Crippen molar-refractivity contribution < 1.29 is 14.0 Å². The second-order valence-electron chi connectivity index (χ2n) is 7.92. The topological polar surface area (TPSA) is 49.4 Å². The van der Waals surface area contributed by atoms with E-state index in [1.54, 1.807) is 24.0 Å². The first kappa shape index (κ1) is 22.6. The Morgan fingerprint density at radius 1 is 1.00 bits per heavy atom. The number of anilines is 1. The molecule has 0 unspecified atom stereocenters. The molecule has 0 saturated carbocycles. The summed E-state index contributed by atoms with van der Waals surface area (Å²) in [4.78, 5) is 26.5. The van der Waals surface area contributed by atoms with Gasteiger partial charge in [-0.1, -0.05) is 58.0 Å². The highest BCUT2D eigenvalue weighted by atomic mass is 19.1. The Labute approximate surface area is 173 Å². The lowest BCUT2D eigenvalue weighted by atomic mass is 9.92. The highest BCUT2D eigenvalue weighted by Gasteiger charge is 2.22. The van der Waals surface area contributed by atoms with Crippen molar-refractivity contribution in [2.24, 2.45) is 0 Å². The molecule has 156 valence electrons. The molecule has 29 heavy (non-hydrogen) atoms. The number of carbonyl (C=O) groups is 2. The Morgan fingerprint density at radius 2 is 1.59 bits per heavy atom. The maximum Gasteiger partial charge on any atom is 0.224 e. The molecule has 2 aromatic rings. The molecule has 0 heterocycles. The molecule has 0 aliphatic carbocycles. The van der Waals surface area contributed by atoms with E-state index in [2.05, 4.69) is 45.1 Å². The lowest BCUT2D eigenvalue weighted by Crippen LogP contribution is -2.39. The maximum atomic E-state index is 13.3. The van der Waals surface area contributed by atoms with Gasteiger partial charge in [0.05, 0.1) is 12.1 Å². The van der Waals surface area contributed by atoms with Gasteiger partial charge in [0.25, 0.3) is 0 Å². The fourth-order valence-electron chi connectivity index (χ4n) is 3.45. The molecule has 4 nitrogen and oxygen atoms in total. The number of benzene rings is 2. The van der Waals surface area contributed by atoms with Gasteiger partial charge < -0.3 is 10.2 Å². The Morgan fingerprint density at radius 3 is 2.10 bits per heavy atom. The van der Waals surface area contributed by atoms with E-state index in [4.69, 9.17) is 0 Å². The number of carbonyl (C=O) groups excluding carboxylic acids is 2. The Balaban J connectivity index is 2.13. The predicted octanol–water partition coefficient (Wildman–Crippen LogP) is 4.78. The van der Waals surface area contributed by atoms with Crippen molar-refractivity contribution in [2.45, 2.75) is 52.9 Å². The average molecular weight is 399 g/mol. The summed E-state index contributed by atoms with van der Waals surface area (Å²) < 4.78 is 13.3. The highest BCUT2D eigenvalue weighted by molar-refractivity contribution is 5.93. The fourth-order valence-corrected chi connectivity index (χ4v) is 3.45. The molecular weight excluding hydrogens is 367 g/mol. The van der Waals surface area contributed by atoms with Gasteiger partial charge >= 0.3 is 0 Å². The van der Waals surface area contributed by atoms with Crippen LogP contribution in [0.2, 0.25) is 0 Å². The van der Waals surface area contributed by atoms with E-state index in [0.717, 1.165) is 16.8 Å². The molecule has 0 saturated heterocycles. The van der Waals surface area contributed by atoms with Crippen LogP contribution in [0.5, 0.6) is 0 Å². The van der Waals surface area contributed by atoms with E-state index >= 15 is 0 Å². The van der Waals surface area contributed by atoms with Crippen LogP contribution in [0.3, 0.4) is 0 Å². The first-order valence-corrected chi connectivity index (χ1v) is 10.1. The Bertz CT molecular complexity index is 835. The van der Waals surface area contributed by atoms with E-state index in [1.165, 1.54) is 12.1 Å². The predicted molar refractivity (Wildman–Crippen MR) is 116 cm³/mol. The number of para-hydroxylation sites is 1. The molecule has 2 amide bonds. The molecule has 0 radical (unpaired) electrons. The van der Waals surface area contributed by atoms with Crippen LogP contribution in [-0.4, -0.2) is 24.9 Å². The summed E-state index contributed by atoms with van der Waals surface area (Å²) in [6.45, 7) is 10.7. The largest absolute Gasteiger partial charge is 0.354 e. The zero-order valence-corrected chi connectivity index (χ0v) is 18.0. The summed E-state index contributed by atoms with van der Waals surface area (Å²) >= 11 is 0. The maximum absolute atomic E-state index is 13.3. The molecule has 1 N–H and O–H groups in total. The number of hydrogen-bond acceptors (Lipinski definition) is 2. The first-order chi connectivity index (χ1) is 13.7.